The van der Waals surface area contributed by atoms with Gasteiger partial charge in [-0.2, -0.15) is 13.2 Å². The van der Waals surface area contributed by atoms with Gasteiger partial charge in [-0.3, -0.25) is 4.79 Å². The number of carbonyl (C=O) groups excluding carboxylic acids is 1. The van der Waals surface area contributed by atoms with E-state index in [0.29, 0.717) is 5.56 Å². The van der Waals surface area contributed by atoms with E-state index in [2.05, 4.69) is 11.5 Å². The summed E-state index contributed by atoms with van der Waals surface area (Å²) >= 11 is 0. The number of alkyl halides is 3. The maximum absolute atomic E-state index is 12.9. The lowest BCUT2D eigenvalue weighted by Crippen LogP contribution is -2.45. The molecule has 29 heavy (non-hydrogen) atoms. The van der Waals surface area contributed by atoms with Crippen molar-refractivity contribution >= 4 is 5.91 Å². The van der Waals surface area contributed by atoms with Crippen LogP contribution in [0.15, 0.2) is 60.7 Å². The number of likely N-dealkylation sites (tertiary alicyclic amines) is 1. The number of halogens is 3. The van der Waals surface area contributed by atoms with Gasteiger partial charge in [-0.1, -0.05) is 43.0 Å². The molecule has 158 valence electrons. The number of hydrogen-bond donors (Lipinski definition) is 0. The van der Waals surface area contributed by atoms with E-state index in [1.54, 1.807) is 18.0 Å². The number of nitrogens with zero attached hydrogens (tertiary/aromatic N) is 2. The van der Waals surface area contributed by atoms with E-state index < -0.39 is 11.7 Å². The maximum Gasteiger partial charge on any atom is 0.416 e. The molecule has 1 fully saturated rings. The summed E-state index contributed by atoms with van der Waals surface area (Å²) in [6.07, 6.45) is 5.48. The van der Waals surface area contributed by atoms with Gasteiger partial charge in [-0.15, -0.1) is 0 Å². The monoisotopic (exact) mass is 406 g/mol. The lowest BCUT2D eigenvalue weighted by molar-refractivity contribution is -0.137. The summed E-state index contributed by atoms with van der Waals surface area (Å²) in [6.45, 7) is 8.40. The summed E-state index contributed by atoms with van der Waals surface area (Å²) in [5, 5.41) is 0. The molecule has 1 aliphatic heterocycles. The van der Waals surface area contributed by atoms with Crippen LogP contribution in [0.2, 0.25) is 0 Å². The minimum Gasteiger partial charge on any atom is -0.337 e. The molecule has 0 N–H and O–H groups in total. The van der Waals surface area contributed by atoms with E-state index in [0.717, 1.165) is 50.2 Å². The molecule has 0 aromatic heterocycles. The zero-order chi connectivity index (χ0) is 21.4. The van der Waals surface area contributed by atoms with Crippen molar-refractivity contribution in [2.75, 3.05) is 26.7 Å². The number of allylic oxidation sites excluding steroid dienone is 3. The van der Waals surface area contributed by atoms with Crippen LogP contribution in [0.25, 0.3) is 0 Å². The maximum atomic E-state index is 12.9. The number of benzene rings is 1. The Morgan fingerprint density at radius 2 is 1.86 bits per heavy atom. The van der Waals surface area contributed by atoms with Crippen molar-refractivity contribution in [3.63, 3.8) is 0 Å². The van der Waals surface area contributed by atoms with E-state index in [-0.39, 0.29) is 18.4 Å². The van der Waals surface area contributed by atoms with Crippen molar-refractivity contribution in [3.05, 3.63) is 71.8 Å². The standard InChI is InChI=1S/C23H29F3N2O/c1-4-6-9-19(5-2)21(17-28-14-7-8-15-28)27(3)22(29)16-18-10-12-20(13-11-18)23(24,25)26/h4-6,9-13,21H,1,7-8,14-17H2,2-3H3/b9-6-,19-5+. The number of likely N-dealkylation sites (N-methyl/N-ethyl adjacent to an activating group) is 1. The highest BCUT2D eigenvalue weighted by Gasteiger charge is 2.30. The fraction of sp³-hybridized carbons (Fsp3) is 0.435. The van der Waals surface area contributed by atoms with Crippen molar-refractivity contribution in [3.8, 4) is 0 Å². The largest absolute Gasteiger partial charge is 0.416 e. The third kappa shape index (κ3) is 6.60. The Morgan fingerprint density at radius 1 is 1.24 bits per heavy atom. The number of amides is 1. The molecule has 0 aliphatic carbocycles. The fourth-order valence-electron chi connectivity index (χ4n) is 3.52. The van der Waals surface area contributed by atoms with Crippen LogP contribution < -0.4 is 0 Å². The van der Waals surface area contributed by atoms with Gasteiger partial charge < -0.3 is 9.80 Å². The number of carbonyl (C=O) groups is 1. The van der Waals surface area contributed by atoms with Crippen LogP contribution in [0.5, 0.6) is 0 Å². The van der Waals surface area contributed by atoms with Crippen LogP contribution in [0.1, 0.15) is 30.9 Å². The topological polar surface area (TPSA) is 23.6 Å². The molecule has 0 saturated carbocycles. The first-order valence-electron chi connectivity index (χ1n) is 9.85. The second-order valence-electron chi connectivity index (χ2n) is 7.28. The third-order valence-electron chi connectivity index (χ3n) is 5.27. The molecular weight excluding hydrogens is 377 g/mol. The Balaban J connectivity index is 2.15. The van der Waals surface area contributed by atoms with E-state index in [1.165, 1.54) is 12.1 Å². The van der Waals surface area contributed by atoms with Crippen molar-refractivity contribution in [2.24, 2.45) is 0 Å². The van der Waals surface area contributed by atoms with Crippen molar-refractivity contribution < 1.29 is 18.0 Å². The van der Waals surface area contributed by atoms with Gasteiger partial charge in [0.25, 0.3) is 0 Å². The first-order valence-corrected chi connectivity index (χ1v) is 9.85. The quantitative estimate of drug-likeness (QED) is 0.576. The molecule has 0 radical (unpaired) electrons. The van der Waals surface area contributed by atoms with Crippen molar-refractivity contribution in [1.29, 1.82) is 0 Å². The molecular formula is C23H29F3N2O. The lowest BCUT2D eigenvalue weighted by atomic mass is 10.0. The molecule has 1 saturated heterocycles. The Bertz CT molecular complexity index is 744. The molecule has 1 amide bonds. The fourth-order valence-corrected chi connectivity index (χ4v) is 3.52. The highest BCUT2D eigenvalue weighted by atomic mass is 19.4. The molecule has 1 unspecified atom stereocenters. The van der Waals surface area contributed by atoms with Crippen molar-refractivity contribution in [2.45, 2.75) is 38.4 Å². The molecule has 1 aromatic rings. The van der Waals surface area contributed by atoms with Crippen LogP contribution in [-0.2, 0) is 17.4 Å². The average Bonchev–Trinajstić information content (AvgIpc) is 3.20. The van der Waals surface area contributed by atoms with Gasteiger partial charge in [0.1, 0.15) is 0 Å². The summed E-state index contributed by atoms with van der Waals surface area (Å²) < 4.78 is 38.2. The van der Waals surface area contributed by atoms with E-state index >= 15 is 0 Å². The zero-order valence-electron chi connectivity index (χ0n) is 17.1. The van der Waals surface area contributed by atoms with Crippen LogP contribution in [0.3, 0.4) is 0 Å². The van der Waals surface area contributed by atoms with Gasteiger partial charge in [0.15, 0.2) is 0 Å². The van der Waals surface area contributed by atoms with Gasteiger partial charge in [0, 0.05) is 13.6 Å². The van der Waals surface area contributed by atoms with E-state index in [1.807, 2.05) is 25.2 Å². The number of hydrogen-bond acceptors (Lipinski definition) is 2. The molecule has 2 rings (SSSR count). The van der Waals surface area contributed by atoms with Gasteiger partial charge >= 0.3 is 6.18 Å². The molecule has 0 bridgehead atoms. The Morgan fingerprint density at radius 3 is 2.38 bits per heavy atom. The molecule has 3 nitrogen and oxygen atoms in total. The summed E-state index contributed by atoms with van der Waals surface area (Å²) in [5.74, 6) is -0.125. The number of rotatable bonds is 8. The third-order valence-corrected chi connectivity index (χ3v) is 5.27. The molecule has 6 heteroatoms. The second-order valence-corrected chi connectivity index (χ2v) is 7.28. The molecule has 1 atom stereocenters. The minimum absolute atomic E-state index is 0.0628. The van der Waals surface area contributed by atoms with Gasteiger partial charge in [0.2, 0.25) is 5.91 Å². The smallest absolute Gasteiger partial charge is 0.337 e. The molecule has 1 aromatic carbocycles. The molecule has 1 aliphatic rings. The van der Waals surface area contributed by atoms with Gasteiger partial charge in [-0.05, 0) is 56.1 Å². The SMILES string of the molecule is C=C/C=C\C(=C/C)C(CN1CCCC1)N(C)C(=O)Cc1ccc(C(F)(F)F)cc1. The van der Waals surface area contributed by atoms with Crippen molar-refractivity contribution in [1.82, 2.24) is 9.80 Å². The predicted molar refractivity (Wildman–Crippen MR) is 110 cm³/mol. The van der Waals surface area contributed by atoms with Crippen LogP contribution >= 0.6 is 0 Å². The Kier molecular flexibility index (Phi) is 8.26. The van der Waals surface area contributed by atoms with Crippen LogP contribution in [-0.4, -0.2) is 48.4 Å². The molecule has 0 spiro atoms. The summed E-state index contributed by atoms with van der Waals surface area (Å²) in [7, 11) is 1.76. The normalized spacial score (nSPS) is 16.9. The molecule has 1 heterocycles. The minimum atomic E-state index is -4.38. The summed E-state index contributed by atoms with van der Waals surface area (Å²) in [5.41, 5.74) is 0.873. The van der Waals surface area contributed by atoms with E-state index in [9.17, 15) is 18.0 Å². The van der Waals surface area contributed by atoms with Crippen LogP contribution in [0.4, 0.5) is 13.2 Å². The van der Waals surface area contributed by atoms with Crippen LogP contribution in [0, 0.1) is 0 Å². The second kappa shape index (κ2) is 10.4. The average molecular weight is 406 g/mol. The zero-order valence-corrected chi connectivity index (χ0v) is 17.1. The van der Waals surface area contributed by atoms with Gasteiger partial charge in [0.05, 0.1) is 18.0 Å². The predicted octanol–water partition coefficient (Wildman–Crippen LogP) is 4.86. The highest BCUT2D eigenvalue weighted by Crippen LogP contribution is 2.29. The van der Waals surface area contributed by atoms with E-state index in [4.69, 9.17) is 0 Å². The lowest BCUT2D eigenvalue weighted by Gasteiger charge is -2.33. The Labute approximate surface area is 171 Å². The Hall–Kier alpha value is -2.34. The summed E-state index contributed by atoms with van der Waals surface area (Å²) in [6, 6.07) is 4.66. The highest BCUT2D eigenvalue weighted by molar-refractivity contribution is 5.79. The first kappa shape index (κ1) is 22.9. The van der Waals surface area contributed by atoms with Gasteiger partial charge in [-0.25, -0.2) is 0 Å². The summed E-state index contributed by atoms with van der Waals surface area (Å²) in [4.78, 5) is 17.0. The first-order chi connectivity index (χ1) is 13.8.